The number of benzene rings is 1. The molecular weight excluding hydrogens is 235 g/mol. The molecule has 0 fully saturated rings. The van der Waals surface area contributed by atoms with E-state index < -0.39 is 0 Å². The fourth-order valence-corrected chi connectivity index (χ4v) is 1.61. The zero-order chi connectivity index (χ0) is 13.0. The molecule has 2 aromatic rings. The molecule has 0 unspecified atom stereocenters. The summed E-state index contributed by atoms with van der Waals surface area (Å²) in [5.74, 6) is 1.09. The molecule has 0 spiro atoms. The average Bonchev–Trinajstić information content (AvgIpc) is 2.74. The molecule has 18 heavy (non-hydrogen) atoms. The molecule has 1 aromatic heterocycles. The van der Waals surface area contributed by atoms with Crippen molar-refractivity contribution in [1.82, 2.24) is 20.1 Å². The minimum atomic E-state index is -0.272. The van der Waals surface area contributed by atoms with Crippen molar-refractivity contribution in [1.29, 1.82) is 0 Å². The first kappa shape index (κ1) is 12.5. The van der Waals surface area contributed by atoms with Crippen molar-refractivity contribution < 1.29 is 9.13 Å². The Morgan fingerprint density at radius 3 is 2.94 bits per heavy atom. The summed E-state index contributed by atoms with van der Waals surface area (Å²) in [5, 5.41) is 6.93. The number of rotatable bonds is 5. The number of aromatic nitrogens is 3. The number of halogens is 1. The minimum Gasteiger partial charge on any atom is -0.485 e. The van der Waals surface area contributed by atoms with Crippen molar-refractivity contribution in [2.75, 3.05) is 7.05 Å². The molecule has 1 N–H and O–H groups in total. The van der Waals surface area contributed by atoms with Gasteiger partial charge in [-0.2, -0.15) is 5.10 Å². The number of nitrogens with zero attached hydrogens (tertiary/aromatic N) is 3. The molecule has 0 aliphatic carbocycles. The van der Waals surface area contributed by atoms with Crippen molar-refractivity contribution in [2.24, 2.45) is 7.05 Å². The molecule has 0 aliphatic heterocycles. The Labute approximate surface area is 105 Å². The number of aryl methyl sites for hydroxylation is 1. The summed E-state index contributed by atoms with van der Waals surface area (Å²) in [6.07, 6.45) is 1.47. The van der Waals surface area contributed by atoms with E-state index in [2.05, 4.69) is 15.4 Å². The third kappa shape index (κ3) is 2.84. The predicted molar refractivity (Wildman–Crippen MR) is 64.5 cm³/mol. The number of hydrogen-bond donors (Lipinski definition) is 1. The Kier molecular flexibility index (Phi) is 3.88. The van der Waals surface area contributed by atoms with Gasteiger partial charge in [-0.15, -0.1) is 0 Å². The highest BCUT2D eigenvalue weighted by atomic mass is 19.1. The Hall–Kier alpha value is -1.95. The minimum absolute atomic E-state index is 0.272. The monoisotopic (exact) mass is 250 g/mol. The normalized spacial score (nSPS) is 10.6. The van der Waals surface area contributed by atoms with Crippen molar-refractivity contribution in [3.05, 3.63) is 41.7 Å². The summed E-state index contributed by atoms with van der Waals surface area (Å²) in [6, 6.07) is 4.46. The number of ether oxygens (including phenoxy) is 1. The van der Waals surface area contributed by atoms with Gasteiger partial charge in [-0.3, -0.25) is 4.68 Å². The van der Waals surface area contributed by atoms with Gasteiger partial charge in [0.1, 0.15) is 24.5 Å². The molecule has 2 rings (SSSR count). The van der Waals surface area contributed by atoms with E-state index in [0.717, 1.165) is 11.4 Å². The van der Waals surface area contributed by atoms with E-state index in [1.54, 1.807) is 24.8 Å². The van der Waals surface area contributed by atoms with Gasteiger partial charge >= 0.3 is 0 Å². The lowest BCUT2D eigenvalue weighted by Crippen LogP contribution is -2.09. The SMILES string of the molecule is CNCc1cc(F)ccc1OCc1ncnn1C. The second-order valence-corrected chi connectivity index (χ2v) is 3.87. The molecule has 0 aliphatic rings. The molecular formula is C12H15FN4O. The van der Waals surface area contributed by atoms with Crippen LogP contribution in [0.2, 0.25) is 0 Å². The van der Waals surface area contributed by atoms with Gasteiger partial charge in [-0.05, 0) is 25.2 Å². The van der Waals surface area contributed by atoms with Crippen LogP contribution in [0.4, 0.5) is 4.39 Å². The van der Waals surface area contributed by atoms with Gasteiger partial charge in [0.15, 0.2) is 5.82 Å². The largest absolute Gasteiger partial charge is 0.485 e. The van der Waals surface area contributed by atoms with E-state index in [1.807, 2.05) is 0 Å². The summed E-state index contributed by atoms with van der Waals surface area (Å²) in [5.41, 5.74) is 0.777. The van der Waals surface area contributed by atoms with Crippen LogP contribution in [0.25, 0.3) is 0 Å². The Morgan fingerprint density at radius 2 is 2.28 bits per heavy atom. The van der Waals surface area contributed by atoms with Gasteiger partial charge in [0.05, 0.1) is 0 Å². The fraction of sp³-hybridized carbons (Fsp3) is 0.333. The third-order valence-electron chi connectivity index (χ3n) is 2.55. The second kappa shape index (κ2) is 5.59. The Morgan fingerprint density at radius 1 is 1.44 bits per heavy atom. The standard InChI is InChI=1S/C12H15FN4O/c1-14-6-9-5-10(13)3-4-11(9)18-7-12-15-8-16-17(12)2/h3-5,8,14H,6-7H2,1-2H3. The van der Waals surface area contributed by atoms with E-state index in [1.165, 1.54) is 18.5 Å². The van der Waals surface area contributed by atoms with E-state index in [4.69, 9.17) is 4.74 Å². The highest BCUT2D eigenvalue weighted by Gasteiger charge is 2.07. The van der Waals surface area contributed by atoms with Crippen LogP contribution in [0.5, 0.6) is 5.75 Å². The first-order chi connectivity index (χ1) is 8.70. The van der Waals surface area contributed by atoms with E-state index in [9.17, 15) is 4.39 Å². The summed E-state index contributed by atoms with van der Waals surface area (Å²) >= 11 is 0. The molecule has 6 heteroatoms. The molecule has 0 amide bonds. The zero-order valence-electron chi connectivity index (χ0n) is 10.4. The van der Waals surface area contributed by atoms with Gasteiger partial charge in [0.2, 0.25) is 0 Å². The van der Waals surface area contributed by atoms with Crippen molar-refractivity contribution in [3.8, 4) is 5.75 Å². The highest BCUT2D eigenvalue weighted by molar-refractivity contribution is 5.33. The van der Waals surface area contributed by atoms with Gasteiger partial charge in [-0.1, -0.05) is 0 Å². The smallest absolute Gasteiger partial charge is 0.164 e. The lowest BCUT2D eigenvalue weighted by Gasteiger charge is -2.11. The molecule has 0 bridgehead atoms. The van der Waals surface area contributed by atoms with Crippen LogP contribution in [0.3, 0.4) is 0 Å². The summed E-state index contributed by atoms with van der Waals surface area (Å²) in [6.45, 7) is 0.852. The summed E-state index contributed by atoms with van der Waals surface area (Å²) in [7, 11) is 3.60. The quantitative estimate of drug-likeness (QED) is 0.867. The fourth-order valence-electron chi connectivity index (χ4n) is 1.61. The second-order valence-electron chi connectivity index (χ2n) is 3.87. The maximum atomic E-state index is 13.1. The Balaban J connectivity index is 2.11. The number of nitrogens with one attached hydrogen (secondary N) is 1. The Bertz CT molecular complexity index is 527. The zero-order valence-corrected chi connectivity index (χ0v) is 10.4. The maximum Gasteiger partial charge on any atom is 0.164 e. The van der Waals surface area contributed by atoms with Crippen LogP contribution in [0.1, 0.15) is 11.4 Å². The van der Waals surface area contributed by atoms with E-state index in [0.29, 0.717) is 18.9 Å². The summed E-state index contributed by atoms with van der Waals surface area (Å²) < 4.78 is 20.4. The topological polar surface area (TPSA) is 52.0 Å². The van der Waals surface area contributed by atoms with Gasteiger partial charge in [0.25, 0.3) is 0 Å². The van der Waals surface area contributed by atoms with Crippen LogP contribution in [-0.2, 0) is 20.2 Å². The van der Waals surface area contributed by atoms with Crippen LogP contribution >= 0.6 is 0 Å². The average molecular weight is 250 g/mol. The van der Waals surface area contributed by atoms with Gasteiger partial charge in [-0.25, -0.2) is 9.37 Å². The highest BCUT2D eigenvalue weighted by Crippen LogP contribution is 2.20. The van der Waals surface area contributed by atoms with E-state index >= 15 is 0 Å². The van der Waals surface area contributed by atoms with Gasteiger partial charge < -0.3 is 10.1 Å². The van der Waals surface area contributed by atoms with Crippen LogP contribution < -0.4 is 10.1 Å². The van der Waals surface area contributed by atoms with Crippen LogP contribution in [0.15, 0.2) is 24.5 Å². The molecule has 0 saturated heterocycles. The van der Waals surface area contributed by atoms with Crippen molar-refractivity contribution in [3.63, 3.8) is 0 Å². The molecule has 1 heterocycles. The lowest BCUT2D eigenvalue weighted by molar-refractivity contribution is 0.286. The van der Waals surface area contributed by atoms with Crippen molar-refractivity contribution >= 4 is 0 Å². The van der Waals surface area contributed by atoms with Gasteiger partial charge in [0, 0.05) is 19.2 Å². The predicted octanol–water partition coefficient (Wildman–Crippen LogP) is 1.25. The number of hydrogen-bond acceptors (Lipinski definition) is 4. The van der Waals surface area contributed by atoms with Crippen LogP contribution in [0, 0.1) is 5.82 Å². The molecule has 1 aromatic carbocycles. The molecule has 0 radical (unpaired) electrons. The van der Waals surface area contributed by atoms with E-state index in [-0.39, 0.29) is 5.82 Å². The molecule has 0 saturated carbocycles. The first-order valence-corrected chi connectivity index (χ1v) is 5.59. The third-order valence-corrected chi connectivity index (χ3v) is 2.55. The lowest BCUT2D eigenvalue weighted by atomic mass is 10.2. The maximum absolute atomic E-state index is 13.1. The van der Waals surface area contributed by atoms with Crippen molar-refractivity contribution in [2.45, 2.75) is 13.2 Å². The molecule has 5 nitrogen and oxygen atoms in total. The first-order valence-electron chi connectivity index (χ1n) is 5.59. The molecule has 96 valence electrons. The molecule has 0 atom stereocenters. The summed E-state index contributed by atoms with van der Waals surface area (Å²) in [4.78, 5) is 4.06. The van der Waals surface area contributed by atoms with Crippen LogP contribution in [-0.4, -0.2) is 21.8 Å².